The molecule has 4 aromatic rings. The first-order valence-corrected chi connectivity index (χ1v) is 13.0. The maximum Gasteiger partial charge on any atom is 0.160 e. The second-order valence-electron chi connectivity index (χ2n) is 9.71. The van der Waals surface area contributed by atoms with Gasteiger partial charge in [-0.25, -0.2) is 15.0 Å². The van der Waals surface area contributed by atoms with Crippen molar-refractivity contribution in [2.75, 3.05) is 29.9 Å². The molecule has 1 aliphatic carbocycles. The van der Waals surface area contributed by atoms with E-state index in [1.807, 2.05) is 41.8 Å². The van der Waals surface area contributed by atoms with E-state index < -0.39 is 0 Å². The Hall–Kier alpha value is -3.26. The first-order valence-electron chi connectivity index (χ1n) is 13.0. The van der Waals surface area contributed by atoms with Gasteiger partial charge in [0.2, 0.25) is 0 Å². The van der Waals surface area contributed by atoms with Gasteiger partial charge in [0, 0.05) is 37.9 Å². The minimum Gasteiger partial charge on any atom is -0.379 e. The van der Waals surface area contributed by atoms with Gasteiger partial charge < -0.3 is 15.0 Å². The molecule has 1 N–H and O–H groups in total. The highest BCUT2D eigenvalue weighted by Gasteiger charge is 2.24. The minimum absolute atomic E-state index is 0.390. The summed E-state index contributed by atoms with van der Waals surface area (Å²) in [6.07, 6.45) is 7.19. The van der Waals surface area contributed by atoms with Crippen LogP contribution >= 0.6 is 0 Å². The van der Waals surface area contributed by atoms with Gasteiger partial charge in [-0.05, 0) is 64.5 Å². The molecule has 35 heavy (non-hydrogen) atoms. The van der Waals surface area contributed by atoms with Gasteiger partial charge in [-0.2, -0.15) is 9.61 Å². The van der Waals surface area contributed by atoms with E-state index in [2.05, 4.69) is 23.2 Å². The molecule has 0 bridgehead atoms. The Balaban J connectivity index is 1.38. The van der Waals surface area contributed by atoms with Crippen molar-refractivity contribution in [3.63, 3.8) is 0 Å². The second kappa shape index (κ2) is 9.41. The van der Waals surface area contributed by atoms with Crippen molar-refractivity contribution in [3.05, 3.63) is 42.1 Å². The lowest BCUT2D eigenvalue weighted by molar-refractivity contribution is 0.0346. The molecule has 1 saturated carbocycles. The van der Waals surface area contributed by atoms with Gasteiger partial charge in [-0.1, -0.05) is 12.1 Å². The summed E-state index contributed by atoms with van der Waals surface area (Å²) in [7, 11) is 0. The Morgan fingerprint density at radius 1 is 0.971 bits per heavy atom. The first-order chi connectivity index (χ1) is 17.2. The van der Waals surface area contributed by atoms with Crippen LogP contribution in [0.1, 0.15) is 51.1 Å². The Morgan fingerprint density at radius 3 is 2.46 bits per heavy atom. The van der Waals surface area contributed by atoms with E-state index in [0.717, 1.165) is 90.8 Å². The number of rotatable bonds is 6. The average molecular weight is 472 g/mol. The summed E-state index contributed by atoms with van der Waals surface area (Å²) < 4.78 is 7.80. The van der Waals surface area contributed by atoms with E-state index in [0.29, 0.717) is 12.1 Å². The van der Waals surface area contributed by atoms with E-state index in [-0.39, 0.29) is 0 Å². The van der Waals surface area contributed by atoms with Gasteiger partial charge >= 0.3 is 0 Å². The van der Waals surface area contributed by atoms with Crippen molar-refractivity contribution in [3.8, 4) is 11.4 Å². The van der Waals surface area contributed by atoms with E-state index in [1.54, 1.807) is 0 Å². The highest BCUT2D eigenvalue weighted by atomic mass is 16.5. The molecule has 3 aromatic heterocycles. The SMILES string of the molecule is CCO[C@H]1CC[C@H](Nc2cc(N3CCCC3)nc3cc(-c4nc5ccccc5nc4C)nn23)CC1. The van der Waals surface area contributed by atoms with Crippen LogP contribution in [0.15, 0.2) is 36.4 Å². The van der Waals surface area contributed by atoms with Crippen LogP contribution in [0.5, 0.6) is 0 Å². The third-order valence-electron chi connectivity index (χ3n) is 7.26. The number of aromatic nitrogens is 5. The Kier molecular flexibility index (Phi) is 5.98. The van der Waals surface area contributed by atoms with Gasteiger partial charge in [0.15, 0.2) is 5.65 Å². The largest absolute Gasteiger partial charge is 0.379 e. The van der Waals surface area contributed by atoms with E-state index in [4.69, 9.17) is 24.8 Å². The number of aryl methyl sites for hydroxylation is 1. The first kappa shape index (κ1) is 22.2. The van der Waals surface area contributed by atoms with Crippen molar-refractivity contribution in [1.29, 1.82) is 0 Å². The number of hydrogen-bond donors (Lipinski definition) is 1. The molecule has 8 nitrogen and oxygen atoms in total. The number of hydrogen-bond acceptors (Lipinski definition) is 7. The number of ether oxygens (including phenoxy) is 1. The number of benzene rings is 1. The Morgan fingerprint density at radius 2 is 1.71 bits per heavy atom. The van der Waals surface area contributed by atoms with Crippen molar-refractivity contribution >= 4 is 28.3 Å². The molecule has 0 radical (unpaired) electrons. The number of anilines is 2. The molecule has 182 valence electrons. The van der Waals surface area contributed by atoms with Gasteiger partial charge in [0.1, 0.15) is 23.0 Å². The fourth-order valence-electron chi connectivity index (χ4n) is 5.44. The highest BCUT2D eigenvalue weighted by Crippen LogP contribution is 2.30. The second-order valence-corrected chi connectivity index (χ2v) is 9.71. The molecule has 8 heteroatoms. The zero-order valence-corrected chi connectivity index (χ0v) is 20.6. The molecular formula is C27H33N7O. The summed E-state index contributed by atoms with van der Waals surface area (Å²) in [5.41, 5.74) is 5.09. The van der Waals surface area contributed by atoms with Gasteiger partial charge in [-0.3, -0.25) is 0 Å². The van der Waals surface area contributed by atoms with Crippen LogP contribution in [0, 0.1) is 6.92 Å². The molecule has 1 aliphatic heterocycles. The van der Waals surface area contributed by atoms with Crippen molar-refractivity contribution in [1.82, 2.24) is 24.6 Å². The molecule has 2 aliphatic rings. The Bertz CT molecular complexity index is 1340. The lowest BCUT2D eigenvalue weighted by Gasteiger charge is -2.30. The summed E-state index contributed by atoms with van der Waals surface area (Å²) >= 11 is 0. The predicted molar refractivity (Wildman–Crippen MR) is 139 cm³/mol. The number of nitrogens with zero attached hydrogens (tertiary/aromatic N) is 6. The molecule has 1 aromatic carbocycles. The van der Waals surface area contributed by atoms with Crippen molar-refractivity contribution in [2.45, 2.75) is 64.5 Å². The van der Waals surface area contributed by atoms with Gasteiger partial charge in [0.05, 0.1) is 22.8 Å². The lowest BCUT2D eigenvalue weighted by atomic mass is 9.93. The molecule has 0 amide bonds. The fourth-order valence-corrected chi connectivity index (χ4v) is 5.44. The van der Waals surface area contributed by atoms with Crippen LogP contribution < -0.4 is 10.2 Å². The third kappa shape index (κ3) is 4.43. The quantitative estimate of drug-likeness (QED) is 0.423. The number of fused-ring (bicyclic) bond motifs is 2. The molecule has 6 rings (SSSR count). The van der Waals surface area contributed by atoms with Gasteiger partial charge in [-0.15, -0.1) is 0 Å². The molecule has 4 heterocycles. The number of para-hydroxylation sites is 2. The van der Waals surface area contributed by atoms with Crippen LogP contribution in [0.2, 0.25) is 0 Å². The summed E-state index contributed by atoms with van der Waals surface area (Å²) in [6, 6.07) is 12.6. The Labute approximate surface area is 205 Å². The maximum absolute atomic E-state index is 5.86. The summed E-state index contributed by atoms with van der Waals surface area (Å²) in [4.78, 5) is 17.1. The van der Waals surface area contributed by atoms with Crippen LogP contribution in [0.25, 0.3) is 28.1 Å². The molecule has 0 atom stereocenters. The summed E-state index contributed by atoms with van der Waals surface area (Å²) in [5.74, 6) is 2.02. The smallest absolute Gasteiger partial charge is 0.160 e. The van der Waals surface area contributed by atoms with Crippen LogP contribution in [0.4, 0.5) is 11.6 Å². The van der Waals surface area contributed by atoms with Gasteiger partial charge in [0.25, 0.3) is 0 Å². The lowest BCUT2D eigenvalue weighted by Crippen LogP contribution is -2.30. The highest BCUT2D eigenvalue weighted by molar-refractivity contribution is 5.78. The molecular weight excluding hydrogens is 438 g/mol. The van der Waals surface area contributed by atoms with Crippen molar-refractivity contribution < 1.29 is 4.74 Å². The average Bonchev–Trinajstić information content (AvgIpc) is 3.55. The third-order valence-corrected chi connectivity index (χ3v) is 7.26. The van der Waals surface area contributed by atoms with Crippen LogP contribution in [-0.2, 0) is 4.74 Å². The van der Waals surface area contributed by atoms with E-state index in [1.165, 1.54) is 12.8 Å². The zero-order chi connectivity index (χ0) is 23.8. The summed E-state index contributed by atoms with van der Waals surface area (Å²) in [5, 5.41) is 8.78. The van der Waals surface area contributed by atoms with Crippen LogP contribution in [0.3, 0.4) is 0 Å². The topological polar surface area (TPSA) is 80.5 Å². The normalized spacial score (nSPS) is 20.7. The standard InChI is InChI=1S/C27H33N7O/c1-3-35-20-12-10-19(11-13-20)29-26-17-24(33-14-6-7-15-33)31-25-16-23(32-34(25)26)27-18(2)28-21-8-4-5-9-22(21)30-27/h4-5,8-9,16-17,19-20,29H,3,6-7,10-15H2,1-2H3/t19-,20-. The van der Waals surface area contributed by atoms with Crippen molar-refractivity contribution in [2.24, 2.45) is 0 Å². The minimum atomic E-state index is 0.390. The zero-order valence-electron chi connectivity index (χ0n) is 20.6. The molecule has 0 spiro atoms. The monoisotopic (exact) mass is 471 g/mol. The van der Waals surface area contributed by atoms with E-state index in [9.17, 15) is 0 Å². The molecule has 1 saturated heterocycles. The predicted octanol–water partition coefficient (Wildman–Crippen LogP) is 5.01. The number of nitrogens with one attached hydrogen (secondary N) is 1. The van der Waals surface area contributed by atoms with E-state index >= 15 is 0 Å². The fraction of sp³-hybridized carbons (Fsp3) is 0.481. The molecule has 0 unspecified atom stereocenters. The summed E-state index contributed by atoms with van der Waals surface area (Å²) in [6.45, 7) is 6.98. The molecule has 2 fully saturated rings. The maximum atomic E-state index is 5.86. The van der Waals surface area contributed by atoms with Crippen LogP contribution in [-0.4, -0.2) is 56.4 Å².